The molecule has 2 nitrogen and oxygen atoms in total. The molecule has 2 aromatic heterocycles. The molecule has 1 radical (unpaired) electrons. The lowest BCUT2D eigenvalue weighted by Gasteiger charge is -2.05. The lowest BCUT2D eigenvalue weighted by Crippen LogP contribution is -1.84. The van der Waals surface area contributed by atoms with Crippen LogP contribution < -0.4 is 0 Å². The third-order valence-electron chi connectivity index (χ3n) is 4.85. The van der Waals surface area contributed by atoms with Gasteiger partial charge in [-0.3, -0.25) is 4.98 Å². The maximum atomic E-state index is 6.05. The topological polar surface area (TPSA) is 26.0 Å². The predicted octanol–water partition coefficient (Wildman–Crippen LogP) is 6.42. The fraction of sp³-hybridized carbons (Fsp3) is 0.0417. The number of benzene rings is 3. The molecule has 26 heavy (non-hydrogen) atoms. The molecule has 123 valence electrons. The van der Waals surface area contributed by atoms with E-state index >= 15 is 0 Å². The molecule has 0 aliphatic rings. The number of rotatable bonds is 2. The maximum Gasteiger partial charge on any atom is 0.135 e. The number of hydrogen-bond acceptors (Lipinski definition) is 2. The summed E-state index contributed by atoms with van der Waals surface area (Å²) in [6, 6.07) is 25.9. The van der Waals surface area contributed by atoms with Gasteiger partial charge in [-0.25, -0.2) is 0 Å². The van der Waals surface area contributed by atoms with E-state index in [9.17, 15) is 0 Å². The van der Waals surface area contributed by atoms with Gasteiger partial charge in [-0.05, 0) is 71.1 Å². The second-order valence-corrected chi connectivity index (χ2v) is 6.50. The Balaban J connectivity index is 1.74. The highest BCUT2D eigenvalue weighted by Gasteiger charge is 2.11. The summed E-state index contributed by atoms with van der Waals surface area (Å²) >= 11 is 0. The number of aromatic nitrogens is 1. The van der Waals surface area contributed by atoms with Crippen molar-refractivity contribution in [3.05, 3.63) is 90.8 Å². The molecule has 0 aliphatic carbocycles. The minimum absolute atomic E-state index is 0.911. The average Bonchev–Trinajstić information content (AvgIpc) is 3.06. The highest BCUT2D eigenvalue weighted by atomic mass is 16.3. The van der Waals surface area contributed by atoms with Gasteiger partial charge in [0.15, 0.2) is 0 Å². The van der Waals surface area contributed by atoms with Gasteiger partial charge in [0, 0.05) is 23.2 Å². The number of pyridine rings is 1. The van der Waals surface area contributed by atoms with Crippen molar-refractivity contribution in [2.75, 3.05) is 0 Å². The van der Waals surface area contributed by atoms with Gasteiger partial charge < -0.3 is 4.42 Å². The Morgan fingerprint density at radius 1 is 0.769 bits per heavy atom. The lowest BCUT2D eigenvalue weighted by molar-refractivity contribution is 0.669. The van der Waals surface area contributed by atoms with E-state index in [1.165, 1.54) is 27.8 Å². The van der Waals surface area contributed by atoms with Gasteiger partial charge >= 0.3 is 0 Å². The molecule has 0 aliphatic heterocycles. The molecular formula is C24H16NO. The Kier molecular flexibility index (Phi) is 3.36. The lowest BCUT2D eigenvalue weighted by atomic mass is 9.99. The fourth-order valence-corrected chi connectivity index (χ4v) is 3.50. The Morgan fingerprint density at radius 2 is 1.46 bits per heavy atom. The van der Waals surface area contributed by atoms with Crippen LogP contribution >= 0.6 is 0 Å². The van der Waals surface area contributed by atoms with Crippen LogP contribution in [0.5, 0.6) is 0 Å². The molecule has 2 heteroatoms. The fourth-order valence-electron chi connectivity index (χ4n) is 3.50. The summed E-state index contributed by atoms with van der Waals surface area (Å²) in [6.07, 6.45) is 3.74. The second-order valence-electron chi connectivity index (χ2n) is 6.50. The molecule has 0 fully saturated rings. The Bertz CT molecular complexity index is 1240. The van der Waals surface area contributed by atoms with E-state index < -0.39 is 0 Å². The van der Waals surface area contributed by atoms with Crippen LogP contribution in [0.1, 0.15) is 5.56 Å². The van der Waals surface area contributed by atoms with Crippen molar-refractivity contribution in [1.82, 2.24) is 4.98 Å². The van der Waals surface area contributed by atoms with E-state index in [1.54, 1.807) is 0 Å². The highest BCUT2D eigenvalue weighted by Crippen LogP contribution is 2.35. The van der Waals surface area contributed by atoms with Crippen molar-refractivity contribution in [3.8, 4) is 22.3 Å². The van der Waals surface area contributed by atoms with Gasteiger partial charge in [0.25, 0.3) is 0 Å². The molecule has 3 aromatic carbocycles. The van der Waals surface area contributed by atoms with E-state index in [0.717, 1.165) is 21.9 Å². The first-order chi connectivity index (χ1) is 12.8. The van der Waals surface area contributed by atoms with Gasteiger partial charge in [0.1, 0.15) is 11.2 Å². The predicted molar refractivity (Wildman–Crippen MR) is 106 cm³/mol. The van der Waals surface area contributed by atoms with Crippen molar-refractivity contribution in [1.29, 1.82) is 0 Å². The molecule has 0 atom stereocenters. The molecule has 0 saturated heterocycles. The van der Waals surface area contributed by atoms with Crippen LogP contribution in [0.2, 0.25) is 0 Å². The molecule has 5 rings (SSSR count). The minimum Gasteiger partial charge on any atom is -0.456 e. The molecule has 5 aromatic rings. The highest BCUT2D eigenvalue weighted by molar-refractivity contribution is 6.07. The molecular weight excluding hydrogens is 318 g/mol. The Labute approximate surface area is 151 Å². The van der Waals surface area contributed by atoms with Crippen LogP contribution in [-0.4, -0.2) is 4.98 Å². The van der Waals surface area contributed by atoms with Crippen LogP contribution in [0.15, 0.2) is 83.5 Å². The maximum absolute atomic E-state index is 6.05. The zero-order valence-electron chi connectivity index (χ0n) is 14.4. The van der Waals surface area contributed by atoms with Crippen LogP contribution in [0.25, 0.3) is 44.2 Å². The van der Waals surface area contributed by atoms with Gasteiger partial charge in [0.05, 0.1) is 0 Å². The largest absolute Gasteiger partial charge is 0.456 e. The number of fused-ring (bicyclic) bond motifs is 3. The molecule has 0 unspecified atom stereocenters. The Hall–Kier alpha value is -3.39. The van der Waals surface area contributed by atoms with Crippen molar-refractivity contribution in [3.63, 3.8) is 0 Å². The van der Waals surface area contributed by atoms with E-state index in [4.69, 9.17) is 4.42 Å². The van der Waals surface area contributed by atoms with Crippen LogP contribution in [0, 0.1) is 13.0 Å². The first-order valence-electron chi connectivity index (χ1n) is 8.63. The molecule has 0 bridgehead atoms. The summed E-state index contributed by atoms with van der Waals surface area (Å²) in [7, 11) is 0. The van der Waals surface area contributed by atoms with E-state index in [1.807, 2.05) is 24.5 Å². The van der Waals surface area contributed by atoms with Crippen molar-refractivity contribution >= 4 is 21.9 Å². The second kappa shape index (κ2) is 5.85. The normalized spacial score (nSPS) is 11.3. The van der Waals surface area contributed by atoms with Gasteiger partial charge in [-0.15, -0.1) is 0 Å². The van der Waals surface area contributed by atoms with Gasteiger partial charge in [-0.1, -0.05) is 36.4 Å². The molecule has 2 heterocycles. The summed E-state index contributed by atoms with van der Waals surface area (Å²) in [5.41, 5.74) is 7.73. The van der Waals surface area contributed by atoms with Crippen LogP contribution in [0.4, 0.5) is 0 Å². The average molecular weight is 334 g/mol. The van der Waals surface area contributed by atoms with Crippen molar-refractivity contribution < 1.29 is 4.42 Å². The minimum atomic E-state index is 0.911. The summed E-state index contributed by atoms with van der Waals surface area (Å²) < 4.78 is 6.05. The summed E-state index contributed by atoms with van der Waals surface area (Å²) in [4.78, 5) is 4.20. The summed E-state index contributed by atoms with van der Waals surface area (Å²) in [5, 5.41) is 2.27. The number of aryl methyl sites for hydroxylation is 1. The standard InChI is InChI=1S/C24H16NO/c1-16-15-25-12-11-20(16)19-8-10-24-22(14-19)21-13-18(7-9-23(21)26-24)17-5-3-2-4-6-17/h3-15H,1H3. The van der Waals surface area contributed by atoms with Crippen LogP contribution in [-0.2, 0) is 0 Å². The first kappa shape index (κ1) is 14.9. The smallest absolute Gasteiger partial charge is 0.135 e. The number of nitrogens with zero attached hydrogens (tertiary/aromatic N) is 1. The summed E-state index contributed by atoms with van der Waals surface area (Å²) in [6.45, 7) is 2.09. The molecule has 0 spiro atoms. The van der Waals surface area contributed by atoms with Gasteiger partial charge in [-0.2, -0.15) is 0 Å². The third-order valence-corrected chi connectivity index (χ3v) is 4.85. The van der Waals surface area contributed by atoms with E-state index in [0.29, 0.717) is 0 Å². The first-order valence-corrected chi connectivity index (χ1v) is 8.63. The monoisotopic (exact) mass is 334 g/mol. The van der Waals surface area contributed by atoms with E-state index in [-0.39, 0.29) is 0 Å². The number of furan rings is 1. The SMILES string of the molecule is Cc1cnccc1-c1ccc2oc3ccc(-c4cc[c]cc4)cc3c2c1. The Morgan fingerprint density at radius 3 is 2.19 bits per heavy atom. The van der Waals surface area contributed by atoms with Gasteiger partial charge in [0.2, 0.25) is 0 Å². The molecule has 0 saturated carbocycles. The van der Waals surface area contributed by atoms with Crippen molar-refractivity contribution in [2.45, 2.75) is 6.92 Å². The van der Waals surface area contributed by atoms with Crippen LogP contribution in [0.3, 0.4) is 0 Å². The number of hydrogen-bond donors (Lipinski definition) is 0. The quantitative estimate of drug-likeness (QED) is 0.372. The van der Waals surface area contributed by atoms with Crippen molar-refractivity contribution in [2.24, 2.45) is 0 Å². The zero-order valence-corrected chi connectivity index (χ0v) is 14.4. The zero-order chi connectivity index (χ0) is 17.5. The summed E-state index contributed by atoms with van der Waals surface area (Å²) in [5.74, 6) is 0. The molecule has 0 N–H and O–H groups in total. The third kappa shape index (κ3) is 2.39. The van der Waals surface area contributed by atoms with E-state index in [2.05, 4.69) is 72.6 Å². The molecule has 0 amide bonds.